The van der Waals surface area contributed by atoms with Crippen LogP contribution in [0.2, 0.25) is 0 Å². The van der Waals surface area contributed by atoms with Crippen LogP contribution in [0.25, 0.3) is 0 Å². The van der Waals surface area contributed by atoms with Crippen molar-refractivity contribution in [2.24, 2.45) is 0 Å². The second kappa shape index (κ2) is 5.55. The van der Waals surface area contributed by atoms with Gasteiger partial charge in [0.25, 0.3) is 5.91 Å². The number of morpholine rings is 1. The van der Waals surface area contributed by atoms with Gasteiger partial charge in [-0.15, -0.1) is 0 Å². The Balaban J connectivity index is 1.87. The number of nitrogens with zero attached hydrogens (tertiary/aromatic N) is 2. The predicted octanol–water partition coefficient (Wildman–Crippen LogP) is 1.93. The van der Waals surface area contributed by atoms with Crippen molar-refractivity contribution in [2.75, 3.05) is 38.2 Å². The second-order valence-electron chi connectivity index (χ2n) is 5.66. The lowest BCUT2D eigenvalue weighted by atomic mass is 10.0. The summed E-state index contributed by atoms with van der Waals surface area (Å²) in [5.74, 6) is -0.260. The van der Waals surface area contributed by atoms with Crippen LogP contribution >= 0.6 is 0 Å². The number of likely N-dealkylation sites (N-methyl/N-ethyl adjacent to an activating group) is 1. The average molecular weight is 314 g/mol. The van der Waals surface area contributed by atoms with Crippen molar-refractivity contribution >= 4 is 11.6 Å². The molecule has 2 aliphatic rings. The number of alkyl halides is 3. The smallest absolute Gasteiger partial charge is 0.366 e. The van der Waals surface area contributed by atoms with Gasteiger partial charge in [0, 0.05) is 25.3 Å². The number of anilines is 1. The van der Waals surface area contributed by atoms with Crippen molar-refractivity contribution < 1.29 is 22.7 Å². The molecule has 0 aromatic heterocycles. The van der Waals surface area contributed by atoms with E-state index in [1.54, 1.807) is 6.07 Å². The Kier molecular flexibility index (Phi) is 3.86. The van der Waals surface area contributed by atoms with Crippen molar-refractivity contribution in [3.63, 3.8) is 0 Å². The summed E-state index contributed by atoms with van der Waals surface area (Å²) in [6, 6.07) is 3.99. The fourth-order valence-corrected chi connectivity index (χ4v) is 3.03. The van der Waals surface area contributed by atoms with Crippen molar-refractivity contribution in [1.29, 1.82) is 0 Å². The molecule has 0 N–H and O–H groups in total. The van der Waals surface area contributed by atoms with E-state index >= 15 is 0 Å². The Bertz CT molecular complexity index is 589. The van der Waals surface area contributed by atoms with Crippen LogP contribution in [0.1, 0.15) is 11.1 Å². The van der Waals surface area contributed by atoms with E-state index in [0.717, 1.165) is 12.6 Å². The van der Waals surface area contributed by atoms with E-state index < -0.39 is 17.8 Å². The second-order valence-corrected chi connectivity index (χ2v) is 5.66. The number of hydrogen-bond acceptors (Lipinski definition) is 3. The van der Waals surface area contributed by atoms with E-state index in [2.05, 4.69) is 0 Å². The zero-order chi connectivity index (χ0) is 15.9. The lowest BCUT2D eigenvalue weighted by molar-refractivity contribution is -0.138. The molecular weight excluding hydrogens is 297 g/mol. The minimum absolute atomic E-state index is 0.201. The molecular formula is C15H17F3N2O2. The minimum Gasteiger partial charge on any atom is -0.366 e. The van der Waals surface area contributed by atoms with Gasteiger partial charge in [0.1, 0.15) is 6.10 Å². The van der Waals surface area contributed by atoms with Gasteiger partial charge in [-0.2, -0.15) is 13.2 Å². The van der Waals surface area contributed by atoms with Crippen LogP contribution < -0.4 is 4.90 Å². The van der Waals surface area contributed by atoms with Gasteiger partial charge >= 0.3 is 6.18 Å². The summed E-state index contributed by atoms with van der Waals surface area (Å²) in [7, 11) is 1.89. The van der Waals surface area contributed by atoms with Crippen molar-refractivity contribution in [1.82, 2.24) is 4.90 Å². The fraction of sp³-hybridized carbons (Fsp3) is 0.533. The maximum absolute atomic E-state index is 13.0. The highest BCUT2D eigenvalue weighted by Gasteiger charge is 2.39. The summed E-state index contributed by atoms with van der Waals surface area (Å²) in [6.07, 6.45) is -4.79. The van der Waals surface area contributed by atoms with E-state index in [-0.39, 0.29) is 24.4 Å². The van der Waals surface area contributed by atoms with Crippen LogP contribution in [-0.2, 0) is 22.1 Å². The first-order chi connectivity index (χ1) is 10.4. The Hall–Kier alpha value is -1.60. The maximum atomic E-state index is 13.0. The van der Waals surface area contributed by atoms with Crippen LogP contribution in [-0.4, -0.2) is 50.2 Å². The standard InChI is InChI=1S/C15H17F3N2O2/c1-19-7-8-22-13(9-19)14(21)20-6-5-10-11(15(16,17)18)3-2-4-12(10)20/h2-4,13H,5-9H2,1H3/t13-/m0/s1. The molecule has 1 aromatic rings. The number of benzene rings is 1. The van der Waals surface area contributed by atoms with E-state index in [1.807, 2.05) is 11.9 Å². The summed E-state index contributed by atoms with van der Waals surface area (Å²) >= 11 is 0. The van der Waals surface area contributed by atoms with Crippen LogP contribution in [0.15, 0.2) is 18.2 Å². The summed E-state index contributed by atoms with van der Waals surface area (Å²) in [5, 5.41) is 0. The Morgan fingerprint density at radius 3 is 2.77 bits per heavy atom. The van der Waals surface area contributed by atoms with Gasteiger partial charge in [-0.3, -0.25) is 4.79 Å². The molecule has 4 nitrogen and oxygen atoms in total. The number of hydrogen-bond donors (Lipinski definition) is 0. The molecule has 2 heterocycles. The SMILES string of the molecule is CN1CCO[C@H](C(=O)N2CCc3c2cccc3C(F)(F)F)C1. The molecule has 7 heteroatoms. The number of carbonyl (C=O) groups is 1. The van der Waals surface area contributed by atoms with Gasteiger partial charge in [0.15, 0.2) is 0 Å². The van der Waals surface area contributed by atoms with Gasteiger partial charge in [0.05, 0.1) is 12.2 Å². The summed E-state index contributed by atoms with van der Waals surface area (Å²) < 4.78 is 44.6. The largest absolute Gasteiger partial charge is 0.416 e. The molecule has 1 fully saturated rings. The lowest BCUT2D eigenvalue weighted by Gasteiger charge is -2.31. The maximum Gasteiger partial charge on any atom is 0.416 e. The molecule has 3 rings (SSSR count). The Morgan fingerprint density at radius 1 is 1.32 bits per heavy atom. The summed E-state index contributed by atoms with van der Waals surface area (Å²) in [6.45, 7) is 1.93. The highest BCUT2D eigenvalue weighted by Crippen LogP contribution is 2.39. The van der Waals surface area contributed by atoms with Gasteiger partial charge in [0.2, 0.25) is 0 Å². The number of amides is 1. The third kappa shape index (κ3) is 2.70. The molecule has 120 valence electrons. The van der Waals surface area contributed by atoms with E-state index in [1.165, 1.54) is 11.0 Å². The Labute approximate surface area is 126 Å². The zero-order valence-corrected chi connectivity index (χ0v) is 12.2. The van der Waals surface area contributed by atoms with E-state index in [4.69, 9.17) is 4.74 Å². The molecule has 2 aliphatic heterocycles. The molecule has 22 heavy (non-hydrogen) atoms. The molecule has 1 saturated heterocycles. The van der Waals surface area contributed by atoms with Crippen molar-refractivity contribution in [3.05, 3.63) is 29.3 Å². The number of fused-ring (bicyclic) bond motifs is 1. The quantitative estimate of drug-likeness (QED) is 0.794. The first-order valence-corrected chi connectivity index (χ1v) is 7.18. The molecule has 1 amide bonds. The van der Waals surface area contributed by atoms with Crippen molar-refractivity contribution in [3.8, 4) is 0 Å². The average Bonchev–Trinajstić information content (AvgIpc) is 2.89. The highest BCUT2D eigenvalue weighted by atomic mass is 19.4. The molecule has 0 aliphatic carbocycles. The van der Waals surface area contributed by atoms with Crippen LogP contribution in [0.4, 0.5) is 18.9 Å². The molecule has 0 unspecified atom stereocenters. The van der Waals surface area contributed by atoms with Gasteiger partial charge in [-0.1, -0.05) is 6.07 Å². The number of carbonyl (C=O) groups excluding carboxylic acids is 1. The Morgan fingerprint density at radius 2 is 2.09 bits per heavy atom. The van der Waals surface area contributed by atoms with Crippen molar-refractivity contribution in [2.45, 2.75) is 18.7 Å². The van der Waals surface area contributed by atoms with Gasteiger partial charge in [-0.25, -0.2) is 0 Å². The van der Waals surface area contributed by atoms with Crippen LogP contribution in [0.3, 0.4) is 0 Å². The highest BCUT2D eigenvalue weighted by molar-refractivity contribution is 5.98. The van der Waals surface area contributed by atoms with Gasteiger partial charge < -0.3 is 14.5 Å². The molecule has 0 spiro atoms. The third-order valence-corrected chi connectivity index (χ3v) is 4.14. The number of halogens is 3. The molecule has 0 saturated carbocycles. The first kappa shape index (κ1) is 15.3. The monoisotopic (exact) mass is 314 g/mol. The topological polar surface area (TPSA) is 32.8 Å². The number of rotatable bonds is 1. The molecule has 0 bridgehead atoms. The van der Waals surface area contributed by atoms with Crippen LogP contribution in [0, 0.1) is 0 Å². The molecule has 1 aromatic carbocycles. The first-order valence-electron chi connectivity index (χ1n) is 7.18. The molecule has 0 radical (unpaired) electrons. The van der Waals surface area contributed by atoms with E-state index in [9.17, 15) is 18.0 Å². The molecule has 1 atom stereocenters. The summed E-state index contributed by atoms with van der Waals surface area (Å²) in [5.41, 5.74) is -0.0915. The van der Waals surface area contributed by atoms with E-state index in [0.29, 0.717) is 18.8 Å². The minimum atomic E-state index is -4.40. The normalized spacial score (nSPS) is 22.7. The zero-order valence-electron chi connectivity index (χ0n) is 12.2. The van der Waals surface area contributed by atoms with Gasteiger partial charge in [-0.05, 0) is 31.2 Å². The van der Waals surface area contributed by atoms with Crippen LogP contribution in [0.5, 0.6) is 0 Å². The third-order valence-electron chi connectivity index (χ3n) is 4.14. The predicted molar refractivity (Wildman–Crippen MR) is 74.7 cm³/mol. The fourth-order valence-electron chi connectivity index (χ4n) is 3.03. The number of ether oxygens (including phenoxy) is 1. The summed E-state index contributed by atoms with van der Waals surface area (Å²) in [4.78, 5) is 16.0. The lowest BCUT2D eigenvalue weighted by Crippen LogP contribution is -2.49.